The van der Waals surface area contributed by atoms with Gasteiger partial charge in [0.15, 0.2) is 0 Å². The van der Waals surface area contributed by atoms with Gasteiger partial charge in [-0.05, 0) is 73.0 Å². The van der Waals surface area contributed by atoms with E-state index in [4.69, 9.17) is 0 Å². The average Bonchev–Trinajstić information content (AvgIpc) is 3.02. The van der Waals surface area contributed by atoms with Crippen LogP contribution in [-0.2, 0) is 21.2 Å². The van der Waals surface area contributed by atoms with E-state index in [0.29, 0.717) is 29.8 Å². The zero-order valence-electron chi connectivity index (χ0n) is 18.3. The van der Waals surface area contributed by atoms with Crippen LogP contribution >= 0.6 is 15.9 Å². The molecule has 0 bridgehead atoms. The highest BCUT2D eigenvalue weighted by Gasteiger charge is 2.36. The van der Waals surface area contributed by atoms with Gasteiger partial charge in [-0.3, -0.25) is 4.79 Å². The van der Waals surface area contributed by atoms with Gasteiger partial charge in [0.05, 0.1) is 4.90 Å². The number of fused-ring (bicyclic) bond motifs is 1. The standard InChI is InChI=1S/C23H28BrN3O3S/c1-15-5-7-20(8-6-15)26-10-9-25(14-17(26)3)31(29,30)23-13-22-19(12-21(23)24)11-16(2)27(22)18(4)28/h5-8,12-13,16-17H,9-11,14H2,1-4H3. The number of piperazine rings is 1. The van der Waals surface area contributed by atoms with Crippen LogP contribution in [0.15, 0.2) is 45.8 Å². The number of carbonyl (C=O) groups is 1. The smallest absolute Gasteiger partial charge is 0.244 e. The molecule has 31 heavy (non-hydrogen) atoms. The summed E-state index contributed by atoms with van der Waals surface area (Å²) in [6, 6.07) is 11.9. The molecule has 1 fully saturated rings. The van der Waals surface area contributed by atoms with E-state index in [1.54, 1.807) is 15.3 Å². The Hall–Kier alpha value is -1.90. The van der Waals surface area contributed by atoms with Crippen LogP contribution in [0.2, 0.25) is 0 Å². The minimum absolute atomic E-state index is 0.0235. The number of nitrogens with zero attached hydrogens (tertiary/aromatic N) is 3. The van der Waals surface area contributed by atoms with Gasteiger partial charge in [0.1, 0.15) is 0 Å². The molecule has 2 unspecified atom stereocenters. The predicted octanol–water partition coefficient (Wildman–Crippen LogP) is 3.95. The zero-order chi connectivity index (χ0) is 22.5. The van der Waals surface area contributed by atoms with Crippen LogP contribution in [-0.4, -0.2) is 50.3 Å². The van der Waals surface area contributed by atoms with Crippen molar-refractivity contribution < 1.29 is 13.2 Å². The molecule has 6 nitrogen and oxygen atoms in total. The average molecular weight is 506 g/mol. The summed E-state index contributed by atoms with van der Waals surface area (Å²) in [6.07, 6.45) is 0.722. The van der Waals surface area contributed by atoms with Crippen molar-refractivity contribution in [2.75, 3.05) is 29.4 Å². The lowest BCUT2D eigenvalue weighted by molar-refractivity contribution is -0.116. The quantitative estimate of drug-likeness (QED) is 0.633. The molecule has 4 rings (SSSR count). The van der Waals surface area contributed by atoms with E-state index in [9.17, 15) is 13.2 Å². The van der Waals surface area contributed by atoms with Crippen LogP contribution in [0.5, 0.6) is 0 Å². The molecule has 0 spiro atoms. The first-order valence-electron chi connectivity index (χ1n) is 10.5. The molecular formula is C23H28BrN3O3S. The van der Waals surface area contributed by atoms with Gasteiger partial charge in [-0.1, -0.05) is 17.7 Å². The number of benzene rings is 2. The maximum Gasteiger partial charge on any atom is 0.244 e. The second-order valence-electron chi connectivity index (χ2n) is 8.59. The fourth-order valence-electron chi connectivity index (χ4n) is 4.70. The second kappa shape index (κ2) is 8.22. The Labute approximate surface area is 193 Å². The van der Waals surface area contributed by atoms with E-state index >= 15 is 0 Å². The van der Waals surface area contributed by atoms with Gasteiger partial charge in [0, 0.05) is 54.5 Å². The Morgan fingerprint density at radius 3 is 2.35 bits per heavy atom. The molecule has 0 saturated carbocycles. The van der Waals surface area contributed by atoms with Crippen LogP contribution in [0.25, 0.3) is 0 Å². The molecule has 1 saturated heterocycles. The van der Waals surface area contributed by atoms with E-state index in [-0.39, 0.29) is 22.9 Å². The topological polar surface area (TPSA) is 60.9 Å². The minimum atomic E-state index is -3.70. The van der Waals surface area contributed by atoms with Crippen molar-refractivity contribution >= 4 is 43.2 Å². The summed E-state index contributed by atoms with van der Waals surface area (Å²) >= 11 is 3.48. The number of hydrogen-bond acceptors (Lipinski definition) is 4. The molecule has 0 radical (unpaired) electrons. The lowest BCUT2D eigenvalue weighted by Crippen LogP contribution is -2.53. The van der Waals surface area contributed by atoms with Gasteiger partial charge in [0.25, 0.3) is 0 Å². The fourth-order valence-corrected chi connectivity index (χ4v) is 7.28. The van der Waals surface area contributed by atoms with Crippen molar-refractivity contribution in [2.24, 2.45) is 0 Å². The number of sulfonamides is 1. The lowest BCUT2D eigenvalue weighted by Gasteiger charge is -2.40. The summed E-state index contributed by atoms with van der Waals surface area (Å²) in [5, 5.41) is 0. The molecule has 2 aliphatic heterocycles. The molecule has 2 atom stereocenters. The predicted molar refractivity (Wildman–Crippen MR) is 127 cm³/mol. The molecular weight excluding hydrogens is 478 g/mol. The van der Waals surface area contributed by atoms with Crippen molar-refractivity contribution in [2.45, 2.75) is 51.1 Å². The van der Waals surface area contributed by atoms with Crippen molar-refractivity contribution in [1.82, 2.24) is 4.31 Å². The maximum atomic E-state index is 13.6. The Bertz CT molecular complexity index is 1120. The first kappa shape index (κ1) is 22.3. The Morgan fingerprint density at radius 1 is 1.06 bits per heavy atom. The van der Waals surface area contributed by atoms with Gasteiger partial charge in [0.2, 0.25) is 15.9 Å². The van der Waals surface area contributed by atoms with Gasteiger partial charge in [-0.25, -0.2) is 8.42 Å². The summed E-state index contributed by atoms with van der Waals surface area (Å²) in [7, 11) is -3.70. The molecule has 0 N–H and O–H groups in total. The fraction of sp³-hybridized carbons (Fsp3) is 0.435. The van der Waals surface area contributed by atoms with Gasteiger partial charge < -0.3 is 9.80 Å². The van der Waals surface area contributed by atoms with E-state index in [0.717, 1.165) is 17.7 Å². The van der Waals surface area contributed by atoms with Crippen LogP contribution < -0.4 is 9.80 Å². The lowest BCUT2D eigenvalue weighted by atomic mass is 10.1. The number of halogens is 1. The van der Waals surface area contributed by atoms with Crippen molar-refractivity contribution in [3.05, 3.63) is 52.0 Å². The van der Waals surface area contributed by atoms with Crippen LogP contribution in [0, 0.1) is 6.92 Å². The summed E-state index contributed by atoms with van der Waals surface area (Å²) in [5.41, 5.74) is 4.01. The molecule has 0 aliphatic carbocycles. The number of aryl methyl sites for hydroxylation is 1. The SMILES string of the molecule is CC(=O)N1c2cc(S(=O)(=O)N3CCN(c4ccc(C)cc4)C(C)C3)c(Br)cc2CC1C. The summed E-state index contributed by atoms with van der Waals surface area (Å²) in [4.78, 5) is 16.3. The molecule has 8 heteroatoms. The van der Waals surface area contributed by atoms with Gasteiger partial charge in [-0.15, -0.1) is 0 Å². The van der Waals surface area contributed by atoms with Crippen molar-refractivity contribution in [1.29, 1.82) is 0 Å². The number of hydrogen-bond donors (Lipinski definition) is 0. The molecule has 0 aromatic heterocycles. The van der Waals surface area contributed by atoms with Crippen molar-refractivity contribution in [3.8, 4) is 0 Å². The third kappa shape index (κ3) is 4.01. The molecule has 2 aliphatic rings. The largest absolute Gasteiger partial charge is 0.366 e. The Morgan fingerprint density at radius 2 is 1.74 bits per heavy atom. The van der Waals surface area contributed by atoms with Crippen molar-refractivity contribution in [3.63, 3.8) is 0 Å². The summed E-state index contributed by atoms with van der Waals surface area (Å²) < 4.78 is 29.3. The van der Waals surface area contributed by atoms with Crippen LogP contribution in [0.4, 0.5) is 11.4 Å². The number of carbonyl (C=O) groups excluding carboxylic acids is 1. The molecule has 2 heterocycles. The molecule has 2 aromatic carbocycles. The normalized spacial score (nSPS) is 22.0. The highest BCUT2D eigenvalue weighted by atomic mass is 79.9. The summed E-state index contributed by atoms with van der Waals surface area (Å²) in [5.74, 6) is -0.0720. The highest BCUT2D eigenvalue weighted by Crippen LogP contribution is 2.39. The zero-order valence-corrected chi connectivity index (χ0v) is 20.7. The van der Waals surface area contributed by atoms with Crippen LogP contribution in [0.1, 0.15) is 31.9 Å². The van der Waals surface area contributed by atoms with Gasteiger partial charge in [-0.2, -0.15) is 4.31 Å². The second-order valence-corrected chi connectivity index (χ2v) is 11.4. The van der Waals surface area contributed by atoms with E-state index in [1.807, 2.05) is 13.0 Å². The first-order valence-corrected chi connectivity index (χ1v) is 12.8. The molecule has 1 amide bonds. The first-order chi connectivity index (χ1) is 14.6. The Kier molecular flexibility index (Phi) is 5.91. The van der Waals surface area contributed by atoms with E-state index in [2.05, 4.69) is 58.9 Å². The highest BCUT2D eigenvalue weighted by molar-refractivity contribution is 9.10. The van der Waals surface area contributed by atoms with E-state index in [1.165, 1.54) is 12.5 Å². The monoisotopic (exact) mass is 505 g/mol. The number of anilines is 2. The number of amides is 1. The molecule has 166 valence electrons. The van der Waals surface area contributed by atoms with Gasteiger partial charge >= 0.3 is 0 Å². The Balaban J connectivity index is 1.61. The third-order valence-electron chi connectivity index (χ3n) is 6.26. The molecule has 2 aromatic rings. The van der Waals surface area contributed by atoms with Crippen LogP contribution in [0.3, 0.4) is 0 Å². The van der Waals surface area contributed by atoms with E-state index < -0.39 is 10.0 Å². The summed E-state index contributed by atoms with van der Waals surface area (Å²) in [6.45, 7) is 9.06. The number of rotatable bonds is 3. The third-order valence-corrected chi connectivity index (χ3v) is 9.09. The minimum Gasteiger partial charge on any atom is -0.366 e. The maximum absolute atomic E-state index is 13.6.